The number of hydrogen-bond acceptors (Lipinski definition) is 6. The molecule has 0 spiro atoms. The van der Waals surface area contributed by atoms with Crippen molar-refractivity contribution in [2.24, 2.45) is 0 Å². The molecule has 1 aliphatic rings. The highest BCUT2D eigenvalue weighted by Crippen LogP contribution is 2.21. The van der Waals surface area contributed by atoms with Gasteiger partial charge in [-0.3, -0.25) is 4.79 Å². The monoisotopic (exact) mass is 304 g/mol. The van der Waals surface area contributed by atoms with Crippen LogP contribution in [0.1, 0.15) is 0 Å². The van der Waals surface area contributed by atoms with Gasteiger partial charge in [0.2, 0.25) is 3.79 Å². The molecule has 1 heterocycles. The van der Waals surface area contributed by atoms with Gasteiger partial charge in [-0.25, -0.2) is 0 Å². The average Bonchev–Trinajstić information content (AvgIpc) is 2.07. The summed E-state index contributed by atoms with van der Waals surface area (Å²) < 4.78 is 4.03. The maximum absolute atomic E-state index is 10.8. The zero-order valence-corrected chi connectivity index (χ0v) is 8.53. The molecule has 13 heavy (non-hydrogen) atoms. The van der Waals surface area contributed by atoms with Gasteiger partial charge >= 0.3 is 0 Å². The Labute approximate surface area is 87.3 Å². The van der Waals surface area contributed by atoms with Gasteiger partial charge < -0.3 is 25.2 Å². The van der Waals surface area contributed by atoms with E-state index >= 15 is 0 Å². The fraction of sp³-hybridized carbons (Fsp3) is 0.833. The lowest BCUT2D eigenvalue weighted by Gasteiger charge is -2.36. The summed E-state index contributed by atoms with van der Waals surface area (Å²) in [5.41, 5.74) is 0. The molecule has 4 N–H and O–H groups in total. The molecule has 1 fully saturated rings. The Morgan fingerprint density at radius 3 is 2.08 bits per heavy atom. The highest BCUT2D eigenvalue weighted by molar-refractivity contribution is 14.1. The fourth-order valence-electron chi connectivity index (χ4n) is 1.05. The van der Waals surface area contributed by atoms with E-state index in [2.05, 4.69) is 4.74 Å². The van der Waals surface area contributed by atoms with Crippen LogP contribution in [0.2, 0.25) is 0 Å². The Bertz CT molecular complexity index is 209. The van der Waals surface area contributed by atoms with Crippen LogP contribution in [0.5, 0.6) is 0 Å². The summed E-state index contributed by atoms with van der Waals surface area (Å²) >= 11 is 1.38. The number of halogens is 1. The van der Waals surface area contributed by atoms with Gasteiger partial charge in [0.15, 0.2) is 12.4 Å². The van der Waals surface area contributed by atoms with Crippen LogP contribution in [0, 0.1) is 0 Å². The molecule has 0 aromatic rings. The number of carbonyl (C=O) groups excluding carboxylic acids is 1. The number of rotatable bonds is 1. The van der Waals surface area contributed by atoms with Crippen LogP contribution in [-0.2, 0) is 9.53 Å². The van der Waals surface area contributed by atoms with E-state index in [1.54, 1.807) is 0 Å². The third kappa shape index (κ3) is 2.17. The SMILES string of the molecule is O=C(I)C1OC(O)C(O)C(O)C1O. The van der Waals surface area contributed by atoms with Crippen LogP contribution in [0.3, 0.4) is 0 Å². The standard InChI is InChI=1S/C6H9IO6/c7-5(11)4-2(9)1(8)3(10)6(12)13-4/h1-4,6,8-10,12H. The molecular formula is C6H9IO6. The minimum absolute atomic E-state index is 0.546. The number of aliphatic hydroxyl groups is 4. The van der Waals surface area contributed by atoms with Gasteiger partial charge in [-0.2, -0.15) is 0 Å². The lowest BCUT2D eigenvalue weighted by molar-refractivity contribution is -0.272. The summed E-state index contributed by atoms with van der Waals surface area (Å²) in [6.07, 6.45) is -7.63. The second-order valence-corrected chi connectivity index (χ2v) is 3.79. The van der Waals surface area contributed by atoms with Crippen molar-refractivity contribution in [2.45, 2.75) is 30.7 Å². The van der Waals surface area contributed by atoms with Gasteiger partial charge in [0, 0.05) is 22.6 Å². The van der Waals surface area contributed by atoms with E-state index < -0.39 is 34.5 Å². The van der Waals surface area contributed by atoms with E-state index in [9.17, 15) is 9.90 Å². The first-order valence-electron chi connectivity index (χ1n) is 3.52. The van der Waals surface area contributed by atoms with Gasteiger partial charge in [0.1, 0.15) is 18.3 Å². The summed E-state index contributed by atoms with van der Waals surface area (Å²) in [6.45, 7) is 0. The first-order valence-corrected chi connectivity index (χ1v) is 4.60. The molecule has 1 aliphatic heterocycles. The molecule has 0 bridgehead atoms. The third-order valence-electron chi connectivity index (χ3n) is 1.81. The van der Waals surface area contributed by atoms with Gasteiger partial charge in [-0.15, -0.1) is 0 Å². The van der Waals surface area contributed by atoms with Crippen molar-refractivity contribution in [3.8, 4) is 0 Å². The van der Waals surface area contributed by atoms with Gasteiger partial charge in [-0.1, -0.05) is 0 Å². The molecular weight excluding hydrogens is 295 g/mol. The van der Waals surface area contributed by atoms with Crippen molar-refractivity contribution in [3.05, 3.63) is 0 Å². The molecule has 7 heteroatoms. The quantitative estimate of drug-likeness (QED) is 0.322. The molecule has 5 atom stereocenters. The average molecular weight is 304 g/mol. The predicted molar refractivity (Wildman–Crippen MR) is 47.9 cm³/mol. The summed E-state index contributed by atoms with van der Waals surface area (Å²) in [4.78, 5) is 10.8. The molecule has 1 rings (SSSR count). The molecule has 1 saturated heterocycles. The molecule has 0 aromatic heterocycles. The second kappa shape index (κ2) is 4.15. The smallest absolute Gasteiger partial charge is 0.223 e. The van der Waals surface area contributed by atoms with Crippen molar-refractivity contribution in [3.63, 3.8) is 0 Å². The van der Waals surface area contributed by atoms with Gasteiger partial charge in [0.05, 0.1) is 0 Å². The van der Waals surface area contributed by atoms with Crippen LogP contribution >= 0.6 is 22.6 Å². The largest absolute Gasteiger partial charge is 0.387 e. The van der Waals surface area contributed by atoms with E-state index in [4.69, 9.17) is 15.3 Å². The predicted octanol–water partition coefficient (Wildman–Crippen LogP) is -2.25. The van der Waals surface area contributed by atoms with E-state index in [1.807, 2.05) is 0 Å². The number of hydrogen-bond donors (Lipinski definition) is 4. The van der Waals surface area contributed by atoms with Gasteiger partial charge in [-0.05, 0) is 0 Å². The molecule has 0 aromatic carbocycles. The highest BCUT2D eigenvalue weighted by atomic mass is 127. The van der Waals surface area contributed by atoms with Crippen LogP contribution < -0.4 is 0 Å². The summed E-state index contributed by atoms with van der Waals surface area (Å²) in [5, 5.41) is 36.4. The molecule has 0 saturated carbocycles. The van der Waals surface area contributed by atoms with Crippen LogP contribution in [-0.4, -0.2) is 54.9 Å². The van der Waals surface area contributed by atoms with Crippen LogP contribution in [0.25, 0.3) is 0 Å². The Morgan fingerprint density at radius 1 is 1.08 bits per heavy atom. The molecule has 76 valence electrons. The number of ether oxygens (including phenoxy) is 1. The van der Waals surface area contributed by atoms with E-state index in [-0.39, 0.29) is 0 Å². The maximum atomic E-state index is 10.8. The van der Waals surface area contributed by atoms with E-state index in [1.165, 1.54) is 22.6 Å². The van der Waals surface area contributed by atoms with Crippen LogP contribution in [0.4, 0.5) is 0 Å². The Kier molecular flexibility index (Phi) is 3.60. The van der Waals surface area contributed by atoms with Crippen molar-refractivity contribution in [1.29, 1.82) is 0 Å². The Balaban J connectivity index is 2.76. The second-order valence-electron chi connectivity index (χ2n) is 2.72. The highest BCUT2D eigenvalue weighted by Gasteiger charge is 2.45. The third-order valence-corrected chi connectivity index (χ3v) is 2.43. The number of aliphatic hydroxyl groups excluding tert-OH is 4. The van der Waals surface area contributed by atoms with E-state index in [0.717, 1.165) is 0 Å². The van der Waals surface area contributed by atoms with Gasteiger partial charge in [0.25, 0.3) is 0 Å². The minimum Gasteiger partial charge on any atom is -0.387 e. The Hall–Kier alpha value is 0.200. The molecule has 6 nitrogen and oxygen atoms in total. The summed E-state index contributed by atoms with van der Waals surface area (Å²) in [6, 6.07) is 0. The van der Waals surface area contributed by atoms with Crippen LogP contribution in [0.15, 0.2) is 0 Å². The maximum Gasteiger partial charge on any atom is 0.223 e. The van der Waals surface area contributed by atoms with Crippen molar-refractivity contribution < 1.29 is 30.0 Å². The first kappa shape index (κ1) is 11.3. The normalized spacial score (nSPS) is 46.1. The van der Waals surface area contributed by atoms with Crippen molar-refractivity contribution in [1.82, 2.24) is 0 Å². The number of carbonyl (C=O) groups is 1. The van der Waals surface area contributed by atoms with E-state index in [0.29, 0.717) is 0 Å². The Morgan fingerprint density at radius 2 is 1.62 bits per heavy atom. The molecule has 5 unspecified atom stereocenters. The zero-order valence-electron chi connectivity index (χ0n) is 6.37. The fourth-order valence-corrected chi connectivity index (χ4v) is 1.56. The molecule has 0 radical (unpaired) electrons. The molecule has 0 aliphatic carbocycles. The first-order chi connectivity index (χ1) is 5.95. The topological polar surface area (TPSA) is 107 Å². The summed E-state index contributed by atoms with van der Waals surface area (Å²) in [5.74, 6) is 0. The zero-order chi connectivity index (χ0) is 10.2. The minimum atomic E-state index is -1.65. The molecule has 0 amide bonds. The lowest BCUT2D eigenvalue weighted by Crippen LogP contribution is -2.58. The van der Waals surface area contributed by atoms with Crippen molar-refractivity contribution >= 4 is 26.4 Å². The summed E-state index contributed by atoms with van der Waals surface area (Å²) in [7, 11) is 0. The van der Waals surface area contributed by atoms with Crippen molar-refractivity contribution in [2.75, 3.05) is 0 Å². The lowest BCUT2D eigenvalue weighted by atomic mass is 10.00.